The molecular formula is C8H11NO3. The summed E-state index contributed by atoms with van der Waals surface area (Å²) in [5.41, 5.74) is -0.282. The topological polar surface area (TPSA) is 52.4 Å². The van der Waals surface area contributed by atoms with Crippen LogP contribution in [0.3, 0.4) is 0 Å². The molecule has 0 amide bonds. The Balaban J connectivity index is 2.40. The number of rotatable bonds is 1. The molecule has 2 aliphatic rings. The van der Waals surface area contributed by atoms with Gasteiger partial charge in [-0.05, 0) is 12.8 Å². The Kier molecular flexibility index (Phi) is 1.48. The summed E-state index contributed by atoms with van der Waals surface area (Å²) in [7, 11) is 0. The van der Waals surface area contributed by atoms with Crippen LogP contribution in [0.25, 0.3) is 0 Å². The zero-order valence-corrected chi connectivity index (χ0v) is 6.78. The predicted octanol–water partition coefficient (Wildman–Crippen LogP) is 1.14. The van der Waals surface area contributed by atoms with Crippen LogP contribution in [0.5, 0.6) is 0 Å². The normalized spacial score (nSPS) is 40.0. The number of fused-ring (bicyclic) bond motifs is 1. The SMILES string of the molecule is C=C1CO[C@H]2CCC[C@@]12[N+](=O)[O-]. The van der Waals surface area contributed by atoms with Gasteiger partial charge in [-0.1, -0.05) is 6.58 Å². The first-order chi connectivity index (χ1) is 5.68. The summed E-state index contributed by atoms with van der Waals surface area (Å²) >= 11 is 0. The van der Waals surface area contributed by atoms with E-state index in [9.17, 15) is 10.1 Å². The molecule has 4 heteroatoms. The van der Waals surface area contributed by atoms with Gasteiger partial charge in [0.2, 0.25) is 0 Å². The first-order valence-electron chi connectivity index (χ1n) is 4.12. The van der Waals surface area contributed by atoms with Gasteiger partial charge in [0.1, 0.15) is 6.10 Å². The van der Waals surface area contributed by atoms with Crippen LogP contribution in [0, 0.1) is 10.1 Å². The van der Waals surface area contributed by atoms with Gasteiger partial charge in [-0.25, -0.2) is 0 Å². The fourth-order valence-corrected chi connectivity index (χ4v) is 2.25. The van der Waals surface area contributed by atoms with E-state index < -0.39 is 5.54 Å². The summed E-state index contributed by atoms with van der Waals surface area (Å²) in [5.74, 6) is 0. The molecule has 0 N–H and O–H groups in total. The van der Waals surface area contributed by atoms with Crippen LogP contribution in [-0.4, -0.2) is 23.2 Å². The van der Waals surface area contributed by atoms with Crippen molar-refractivity contribution in [3.8, 4) is 0 Å². The van der Waals surface area contributed by atoms with E-state index in [0.29, 0.717) is 18.6 Å². The lowest BCUT2D eigenvalue weighted by Gasteiger charge is -2.18. The summed E-state index contributed by atoms with van der Waals surface area (Å²) in [6, 6.07) is 0. The van der Waals surface area contributed by atoms with E-state index in [4.69, 9.17) is 4.74 Å². The second-order valence-corrected chi connectivity index (χ2v) is 3.48. The number of nitro groups is 1. The molecule has 0 aromatic heterocycles. The maximum Gasteiger partial charge on any atom is 0.270 e. The van der Waals surface area contributed by atoms with Crippen molar-refractivity contribution in [2.45, 2.75) is 30.9 Å². The molecule has 1 heterocycles. The van der Waals surface area contributed by atoms with Crippen LogP contribution in [0.2, 0.25) is 0 Å². The third-order valence-electron chi connectivity index (χ3n) is 2.95. The maximum absolute atomic E-state index is 10.9. The van der Waals surface area contributed by atoms with Crippen molar-refractivity contribution in [2.75, 3.05) is 6.61 Å². The van der Waals surface area contributed by atoms with E-state index in [1.807, 2.05) is 0 Å². The largest absolute Gasteiger partial charge is 0.366 e. The molecule has 4 nitrogen and oxygen atoms in total. The lowest BCUT2D eigenvalue weighted by atomic mass is 9.91. The van der Waals surface area contributed by atoms with Gasteiger partial charge in [-0.15, -0.1) is 0 Å². The first-order valence-corrected chi connectivity index (χ1v) is 4.12. The van der Waals surface area contributed by atoms with Crippen LogP contribution in [0.1, 0.15) is 19.3 Å². The van der Waals surface area contributed by atoms with Gasteiger partial charge >= 0.3 is 0 Å². The Morgan fingerprint density at radius 2 is 2.50 bits per heavy atom. The standard InChI is InChI=1S/C8H11NO3/c1-6-5-12-7-3-2-4-8(6,7)9(10)11/h7H,1-5H2/t7-,8+/m0/s1. The third-order valence-corrected chi connectivity index (χ3v) is 2.95. The van der Waals surface area contributed by atoms with E-state index in [0.717, 1.165) is 12.8 Å². The molecule has 0 aromatic rings. The molecule has 0 spiro atoms. The minimum Gasteiger partial charge on any atom is -0.366 e. The molecule has 1 saturated heterocycles. The van der Waals surface area contributed by atoms with Gasteiger partial charge < -0.3 is 4.74 Å². The lowest BCUT2D eigenvalue weighted by molar-refractivity contribution is -0.561. The quantitative estimate of drug-likeness (QED) is 0.336. The number of nitrogens with zero attached hydrogens (tertiary/aromatic N) is 1. The average molecular weight is 169 g/mol. The van der Waals surface area contributed by atoms with Crippen molar-refractivity contribution in [1.82, 2.24) is 0 Å². The van der Waals surface area contributed by atoms with E-state index in [1.54, 1.807) is 0 Å². The maximum atomic E-state index is 10.9. The highest BCUT2D eigenvalue weighted by atomic mass is 16.6. The zero-order chi connectivity index (χ0) is 8.77. The van der Waals surface area contributed by atoms with Crippen LogP contribution < -0.4 is 0 Å². The van der Waals surface area contributed by atoms with Gasteiger partial charge in [0.15, 0.2) is 0 Å². The van der Waals surface area contributed by atoms with Crippen molar-refractivity contribution in [1.29, 1.82) is 0 Å². The van der Waals surface area contributed by atoms with Crippen molar-refractivity contribution >= 4 is 0 Å². The van der Waals surface area contributed by atoms with E-state index in [-0.39, 0.29) is 11.0 Å². The minimum absolute atomic E-state index is 0.208. The summed E-state index contributed by atoms with van der Waals surface area (Å²) in [5, 5.41) is 10.9. The fourth-order valence-electron chi connectivity index (χ4n) is 2.25. The van der Waals surface area contributed by atoms with Gasteiger partial charge in [-0.3, -0.25) is 10.1 Å². The molecule has 0 radical (unpaired) electrons. The molecule has 2 rings (SSSR count). The number of hydrogen-bond donors (Lipinski definition) is 0. The molecule has 66 valence electrons. The Morgan fingerprint density at radius 3 is 3.08 bits per heavy atom. The summed E-state index contributed by atoms with van der Waals surface area (Å²) in [6.07, 6.45) is 2.08. The predicted molar refractivity (Wildman–Crippen MR) is 42.5 cm³/mol. The first kappa shape index (κ1) is 7.73. The molecule has 12 heavy (non-hydrogen) atoms. The fraction of sp³-hybridized carbons (Fsp3) is 0.750. The van der Waals surface area contributed by atoms with Gasteiger partial charge in [0, 0.05) is 16.9 Å². The Labute approximate surface area is 70.4 Å². The highest BCUT2D eigenvalue weighted by molar-refractivity contribution is 5.23. The van der Waals surface area contributed by atoms with Crippen LogP contribution in [-0.2, 0) is 4.74 Å². The molecule has 1 aliphatic heterocycles. The van der Waals surface area contributed by atoms with Crippen molar-refractivity contribution in [3.63, 3.8) is 0 Å². The second-order valence-electron chi connectivity index (χ2n) is 3.48. The third kappa shape index (κ3) is 0.705. The van der Waals surface area contributed by atoms with Gasteiger partial charge in [-0.2, -0.15) is 0 Å². The van der Waals surface area contributed by atoms with Crippen molar-refractivity contribution < 1.29 is 9.66 Å². The molecule has 1 aliphatic carbocycles. The number of ether oxygens (including phenoxy) is 1. The van der Waals surface area contributed by atoms with Crippen LogP contribution >= 0.6 is 0 Å². The van der Waals surface area contributed by atoms with E-state index >= 15 is 0 Å². The minimum atomic E-state index is -0.931. The Bertz CT molecular complexity index is 251. The highest BCUT2D eigenvalue weighted by Crippen LogP contribution is 2.44. The van der Waals surface area contributed by atoms with Crippen LogP contribution in [0.4, 0.5) is 0 Å². The summed E-state index contributed by atoms with van der Waals surface area (Å²) in [4.78, 5) is 10.7. The molecule has 0 unspecified atom stereocenters. The molecule has 1 saturated carbocycles. The highest BCUT2D eigenvalue weighted by Gasteiger charge is 2.60. The van der Waals surface area contributed by atoms with Crippen molar-refractivity contribution in [3.05, 3.63) is 22.3 Å². The number of hydrogen-bond acceptors (Lipinski definition) is 3. The van der Waals surface area contributed by atoms with Gasteiger partial charge in [0.25, 0.3) is 5.54 Å². The average Bonchev–Trinajstić information content (AvgIpc) is 2.52. The monoisotopic (exact) mass is 169 g/mol. The smallest absolute Gasteiger partial charge is 0.270 e. The van der Waals surface area contributed by atoms with E-state index in [2.05, 4.69) is 6.58 Å². The zero-order valence-electron chi connectivity index (χ0n) is 6.78. The Morgan fingerprint density at radius 1 is 1.75 bits per heavy atom. The molecule has 2 fully saturated rings. The van der Waals surface area contributed by atoms with Crippen LogP contribution in [0.15, 0.2) is 12.2 Å². The van der Waals surface area contributed by atoms with Gasteiger partial charge in [0.05, 0.1) is 6.61 Å². The van der Waals surface area contributed by atoms with Crippen molar-refractivity contribution in [2.24, 2.45) is 0 Å². The summed E-state index contributed by atoms with van der Waals surface area (Å²) < 4.78 is 5.31. The van der Waals surface area contributed by atoms with E-state index in [1.165, 1.54) is 0 Å². The molecule has 2 atom stereocenters. The lowest BCUT2D eigenvalue weighted by Crippen LogP contribution is -2.42. The second kappa shape index (κ2) is 2.29. The molecule has 0 aromatic carbocycles. The Hall–Kier alpha value is -0.900. The summed E-state index contributed by atoms with van der Waals surface area (Å²) in [6.45, 7) is 4.09. The molecule has 0 bridgehead atoms. The molecular weight excluding hydrogens is 158 g/mol.